The second-order valence-electron chi connectivity index (χ2n) is 6.59. The molecule has 3 unspecified atom stereocenters. The zero-order valence-electron chi connectivity index (χ0n) is 15.8. The highest BCUT2D eigenvalue weighted by Crippen LogP contribution is 2.40. The summed E-state index contributed by atoms with van der Waals surface area (Å²) >= 11 is 0. The zero-order chi connectivity index (χ0) is 20.6. The van der Waals surface area contributed by atoms with Gasteiger partial charge in [0.05, 0.1) is 29.1 Å². The molecule has 2 aliphatic heterocycles. The molecule has 0 amide bonds. The van der Waals surface area contributed by atoms with Gasteiger partial charge < -0.3 is 19.5 Å². The number of epoxide rings is 1. The van der Waals surface area contributed by atoms with Gasteiger partial charge in [-0.1, -0.05) is 12.1 Å². The zero-order valence-corrected chi connectivity index (χ0v) is 15.8. The summed E-state index contributed by atoms with van der Waals surface area (Å²) in [4.78, 5) is 36.0. The van der Waals surface area contributed by atoms with E-state index in [-0.39, 0.29) is 22.9 Å². The number of nitro groups is 1. The maximum Gasteiger partial charge on any atom is 0.339 e. The van der Waals surface area contributed by atoms with Crippen LogP contribution in [0.5, 0.6) is 0 Å². The van der Waals surface area contributed by atoms with E-state index in [4.69, 9.17) is 14.2 Å². The lowest BCUT2D eigenvalue weighted by atomic mass is 9.80. The number of nitro benzene ring substituents is 1. The second kappa shape index (κ2) is 7.43. The number of nitrogens with zero attached hydrogens (tertiary/aromatic N) is 1. The Balaban J connectivity index is 2.11. The molecule has 9 heteroatoms. The minimum Gasteiger partial charge on any atom is -0.466 e. The molecular weight excluding hydrogens is 368 g/mol. The highest BCUT2D eigenvalue weighted by molar-refractivity contribution is 6.00. The van der Waals surface area contributed by atoms with E-state index in [0.29, 0.717) is 17.0 Å². The maximum atomic E-state index is 12.9. The van der Waals surface area contributed by atoms with Gasteiger partial charge in [-0.2, -0.15) is 0 Å². The topological polar surface area (TPSA) is 120 Å². The lowest BCUT2D eigenvalue weighted by Crippen LogP contribution is -2.32. The van der Waals surface area contributed by atoms with Crippen molar-refractivity contribution in [3.05, 3.63) is 62.5 Å². The first-order chi connectivity index (χ1) is 13.2. The fraction of sp³-hybridized carbons (Fsp3) is 0.368. The van der Waals surface area contributed by atoms with Gasteiger partial charge >= 0.3 is 11.9 Å². The third kappa shape index (κ3) is 3.61. The van der Waals surface area contributed by atoms with Gasteiger partial charge in [-0.05, 0) is 26.3 Å². The van der Waals surface area contributed by atoms with Crippen molar-refractivity contribution in [1.82, 2.24) is 5.32 Å². The molecule has 1 aromatic rings. The lowest BCUT2D eigenvalue weighted by molar-refractivity contribution is -0.384. The van der Waals surface area contributed by atoms with E-state index in [1.807, 2.05) is 0 Å². The van der Waals surface area contributed by atoms with Crippen LogP contribution in [0.1, 0.15) is 32.3 Å². The Kier molecular flexibility index (Phi) is 5.19. The smallest absolute Gasteiger partial charge is 0.339 e. The summed E-state index contributed by atoms with van der Waals surface area (Å²) in [7, 11) is 1.23. The first kappa shape index (κ1) is 19.6. The number of benzene rings is 1. The molecule has 9 nitrogen and oxygen atoms in total. The summed E-state index contributed by atoms with van der Waals surface area (Å²) in [5, 5.41) is 14.2. The number of rotatable bonds is 5. The summed E-state index contributed by atoms with van der Waals surface area (Å²) < 4.78 is 15.4. The number of carbonyl (C=O) groups is 2. The van der Waals surface area contributed by atoms with E-state index < -0.39 is 29.1 Å². The number of hydrogen-bond acceptors (Lipinski definition) is 8. The predicted molar refractivity (Wildman–Crippen MR) is 96.8 cm³/mol. The molecule has 0 aromatic heterocycles. The van der Waals surface area contributed by atoms with Crippen molar-refractivity contribution in [2.75, 3.05) is 7.11 Å². The number of carbonyl (C=O) groups excluding carboxylic acids is 2. The Labute approximate surface area is 161 Å². The first-order valence-corrected chi connectivity index (χ1v) is 8.62. The van der Waals surface area contributed by atoms with Crippen molar-refractivity contribution < 1.29 is 28.7 Å². The molecule has 28 heavy (non-hydrogen) atoms. The van der Waals surface area contributed by atoms with Crippen LogP contribution < -0.4 is 5.32 Å². The van der Waals surface area contributed by atoms with Crippen molar-refractivity contribution in [3.63, 3.8) is 0 Å². The molecule has 2 heterocycles. The minimum atomic E-state index is -0.879. The fourth-order valence-electron chi connectivity index (χ4n) is 3.26. The average molecular weight is 388 g/mol. The average Bonchev–Trinajstić information content (AvgIpc) is 3.34. The Hall–Kier alpha value is -3.20. The molecule has 3 atom stereocenters. The van der Waals surface area contributed by atoms with Gasteiger partial charge in [0.1, 0.15) is 6.10 Å². The van der Waals surface area contributed by atoms with E-state index in [2.05, 4.69) is 5.32 Å². The van der Waals surface area contributed by atoms with Gasteiger partial charge in [0, 0.05) is 23.5 Å². The van der Waals surface area contributed by atoms with E-state index in [1.54, 1.807) is 26.8 Å². The van der Waals surface area contributed by atoms with Crippen LogP contribution in [0.3, 0.4) is 0 Å². The van der Waals surface area contributed by atoms with E-state index in [1.165, 1.54) is 25.3 Å². The van der Waals surface area contributed by atoms with Crippen LogP contribution in [-0.2, 0) is 23.8 Å². The van der Waals surface area contributed by atoms with Crippen molar-refractivity contribution in [2.24, 2.45) is 0 Å². The van der Waals surface area contributed by atoms with E-state index in [0.717, 1.165) is 0 Å². The van der Waals surface area contributed by atoms with Crippen LogP contribution in [0.2, 0.25) is 0 Å². The highest BCUT2D eigenvalue weighted by Gasteiger charge is 2.43. The third-order valence-corrected chi connectivity index (χ3v) is 4.68. The third-order valence-electron chi connectivity index (χ3n) is 4.68. The Morgan fingerprint density at radius 1 is 1.18 bits per heavy atom. The standard InChI is InChI=1S/C19H20N2O7/c1-9-14(17(22)26-4)16(12-6-5-7-13(8-12)21(24)25)15(10(2)20-9)18(23)28-19-11(3)27-19/h5-8,11,16,19-20H,1-4H3. The molecule has 0 spiro atoms. The lowest BCUT2D eigenvalue weighted by Gasteiger charge is -2.30. The van der Waals surface area contributed by atoms with Crippen LogP contribution >= 0.6 is 0 Å². The number of dihydropyridines is 1. The Bertz CT molecular complexity index is 919. The SMILES string of the molecule is COC(=O)C1=C(C)NC(C)=C(C(=O)OC2OC2C)C1c1cccc([N+](=O)[O-])c1. The van der Waals surface area contributed by atoms with Crippen molar-refractivity contribution >= 4 is 17.6 Å². The van der Waals surface area contributed by atoms with Crippen molar-refractivity contribution in [1.29, 1.82) is 0 Å². The number of esters is 2. The number of ether oxygens (including phenoxy) is 3. The van der Waals surface area contributed by atoms with Gasteiger partial charge in [-0.25, -0.2) is 9.59 Å². The van der Waals surface area contributed by atoms with E-state index >= 15 is 0 Å². The minimum absolute atomic E-state index is 0.151. The van der Waals surface area contributed by atoms with Crippen LogP contribution in [0.15, 0.2) is 46.8 Å². The number of allylic oxidation sites excluding steroid dienone is 2. The summed E-state index contributed by atoms with van der Waals surface area (Å²) in [6.07, 6.45) is -0.845. The fourth-order valence-corrected chi connectivity index (χ4v) is 3.26. The first-order valence-electron chi connectivity index (χ1n) is 8.62. The molecule has 0 aliphatic carbocycles. The number of methoxy groups -OCH3 is 1. The maximum absolute atomic E-state index is 12.9. The van der Waals surface area contributed by atoms with Crippen LogP contribution in [-0.4, -0.2) is 36.4 Å². The van der Waals surface area contributed by atoms with Crippen LogP contribution in [0.4, 0.5) is 5.69 Å². The van der Waals surface area contributed by atoms with E-state index in [9.17, 15) is 19.7 Å². The second-order valence-corrected chi connectivity index (χ2v) is 6.59. The highest BCUT2D eigenvalue weighted by atomic mass is 16.8. The molecule has 1 fully saturated rings. The van der Waals surface area contributed by atoms with Gasteiger partial charge in [0.2, 0.25) is 6.29 Å². The molecule has 1 N–H and O–H groups in total. The Morgan fingerprint density at radius 3 is 2.32 bits per heavy atom. The summed E-state index contributed by atoms with van der Waals surface area (Å²) in [5.74, 6) is -2.18. The Morgan fingerprint density at radius 2 is 1.79 bits per heavy atom. The molecule has 1 saturated heterocycles. The molecule has 148 valence electrons. The van der Waals surface area contributed by atoms with Crippen LogP contribution in [0.25, 0.3) is 0 Å². The largest absolute Gasteiger partial charge is 0.466 e. The number of non-ortho nitro benzene ring substituents is 1. The quantitative estimate of drug-likeness (QED) is 0.353. The van der Waals surface area contributed by atoms with Gasteiger partial charge in [0.15, 0.2) is 0 Å². The molecule has 0 bridgehead atoms. The number of hydrogen-bond donors (Lipinski definition) is 1. The van der Waals surface area contributed by atoms with Gasteiger partial charge in [-0.3, -0.25) is 10.1 Å². The van der Waals surface area contributed by atoms with Crippen molar-refractivity contribution in [2.45, 2.75) is 39.1 Å². The summed E-state index contributed by atoms with van der Waals surface area (Å²) in [6.45, 7) is 5.12. The van der Waals surface area contributed by atoms with Gasteiger partial charge in [-0.15, -0.1) is 0 Å². The normalized spacial score (nSPS) is 23.8. The monoisotopic (exact) mass is 388 g/mol. The predicted octanol–water partition coefficient (Wildman–Crippen LogP) is 2.29. The van der Waals surface area contributed by atoms with Crippen molar-refractivity contribution in [3.8, 4) is 0 Å². The molecular formula is C19H20N2O7. The van der Waals surface area contributed by atoms with Crippen LogP contribution in [0, 0.1) is 10.1 Å². The summed E-state index contributed by atoms with van der Waals surface area (Å²) in [5.41, 5.74) is 1.60. The molecule has 0 saturated carbocycles. The summed E-state index contributed by atoms with van der Waals surface area (Å²) in [6, 6.07) is 5.80. The molecule has 3 rings (SSSR count). The molecule has 1 aromatic carbocycles. The molecule has 2 aliphatic rings. The number of nitrogens with one attached hydrogen (secondary N) is 1. The molecule has 0 radical (unpaired) electrons. The van der Waals surface area contributed by atoms with Gasteiger partial charge in [0.25, 0.3) is 5.69 Å².